The van der Waals surface area contributed by atoms with Crippen molar-refractivity contribution < 1.29 is 9.47 Å². The van der Waals surface area contributed by atoms with Gasteiger partial charge in [-0.1, -0.05) is 0 Å². The molecule has 1 aliphatic rings. The van der Waals surface area contributed by atoms with E-state index in [0.717, 1.165) is 42.4 Å². The molecule has 2 aromatic rings. The summed E-state index contributed by atoms with van der Waals surface area (Å²) in [5, 5.41) is 0. The van der Waals surface area contributed by atoms with Gasteiger partial charge in [0.15, 0.2) is 16.1 Å². The predicted molar refractivity (Wildman–Crippen MR) is 70.3 cm³/mol. The van der Waals surface area contributed by atoms with Crippen LogP contribution in [-0.4, -0.2) is 47.8 Å². The zero-order valence-electron chi connectivity index (χ0n) is 9.97. The average molecular weight is 313 g/mol. The molecule has 0 bridgehead atoms. The molecule has 0 aliphatic carbocycles. The van der Waals surface area contributed by atoms with E-state index in [0.29, 0.717) is 5.88 Å². The van der Waals surface area contributed by atoms with Crippen LogP contribution in [0.15, 0.2) is 17.0 Å². The monoisotopic (exact) mass is 312 g/mol. The van der Waals surface area contributed by atoms with E-state index in [4.69, 9.17) is 9.47 Å². The maximum Gasteiger partial charge on any atom is 0.247 e. The predicted octanol–water partition coefficient (Wildman–Crippen LogP) is 1.34. The highest BCUT2D eigenvalue weighted by molar-refractivity contribution is 9.10. The Morgan fingerprint density at radius 3 is 2.89 bits per heavy atom. The maximum atomic E-state index is 5.35. The van der Waals surface area contributed by atoms with Crippen LogP contribution in [0, 0.1) is 0 Å². The highest BCUT2D eigenvalue weighted by Gasteiger charge is 2.19. The fraction of sp³-hybridized carbons (Fsp3) is 0.455. The summed E-state index contributed by atoms with van der Waals surface area (Å²) in [6, 6.07) is 0. The number of aromatic nitrogens is 3. The van der Waals surface area contributed by atoms with Crippen molar-refractivity contribution in [1.82, 2.24) is 14.4 Å². The molecule has 0 atom stereocenters. The van der Waals surface area contributed by atoms with Crippen LogP contribution in [0.4, 0.5) is 5.82 Å². The van der Waals surface area contributed by atoms with Crippen LogP contribution >= 0.6 is 15.9 Å². The second-order valence-corrected chi connectivity index (χ2v) is 4.71. The van der Waals surface area contributed by atoms with Gasteiger partial charge in [0.25, 0.3) is 0 Å². The van der Waals surface area contributed by atoms with Gasteiger partial charge >= 0.3 is 0 Å². The summed E-state index contributed by atoms with van der Waals surface area (Å²) < 4.78 is 13.3. The van der Waals surface area contributed by atoms with Gasteiger partial charge in [-0.3, -0.25) is 4.40 Å². The van der Waals surface area contributed by atoms with Crippen LogP contribution in [0.25, 0.3) is 5.65 Å². The Kier molecular flexibility index (Phi) is 3.09. The maximum absolute atomic E-state index is 5.35. The molecule has 3 heterocycles. The molecule has 0 aromatic carbocycles. The number of hydrogen-bond donors (Lipinski definition) is 0. The zero-order valence-corrected chi connectivity index (χ0v) is 11.6. The first-order valence-corrected chi connectivity index (χ1v) is 6.50. The van der Waals surface area contributed by atoms with Crippen molar-refractivity contribution in [1.29, 1.82) is 0 Å². The first-order chi connectivity index (χ1) is 8.81. The van der Waals surface area contributed by atoms with Crippen molar-refractivity contribution >= 4 is 27.4 Å². The van der Waals surface area contributed by atoms with Gasteiger partial charge in [-0.2, -0.15) is 4.98 Å². The lowest BCUT2D eigenvalue weighted by Gasteiger charge is -2.27. The summed E-state index contributed by atoms with van der Waals surface area (Å²) in [6.45, 7) is 3.11. The summed E-state index contributed by atoms with van der Waals surface area (Å²) >= 11 is 3.47. The normalized spacial score (nSPS) is 16.2. The first-order valence-electron chi connectivity index (χ1n) is 5.70. The van der Waals surface area contributed by atoms with Crippen LogP contribution in [0.5, 0.6) is 5.88 Å². The van der Waals surface area contributed by atoms with Gasteiger partial charge < -0.3 is 14.4 Å². The number of halogens is 1. The number of ether oxygens (including phenoxy) is 2. The molecule has 18 heavy (non-hydrogen) atoms. The van der Waals surface area contributed by atoms with E-state index >= 15 is 0 Å². The molecular weight excluding hydrogens is 300 g/mol. The number of anilines is 1. The Labute approximate surface area is 113 Å². The molecule has 1 fully saturated rings. The van der Waals surface area contributed by atoms with Crippen LogP contribution in [0.2, 0.25) is 0 Å². The summed E-state index contributed by atoms with van der Waals surface area (Å²) in [7, 11) is 1.61. The largest absolute Gasteiger partial charge is 0.479 e. The Balaban J connectivity index is 2.11. The Morgan fingerprint density at radius 2 is 2.17 bits per heavy atom. The number of fused-ring (bicyclic) bond motifs is 1. The molecule has 0 spiro atoms. The lowest BCUT2D eigenvalue weighted by Crippen LogP contribution is -2.37. The van der Waals surface area contributed by atoms with E-state index in [1.165, 1.54) is 0 Å². The quantitative estimate of drug-likeness (QED) is 0.837. The van der Waals surface area contributed by atoms with Crippen LogP contribution in [0.1, 0.15) is 0 Å². The fourth-order valence-electron chi connectivity index (χ4n) is 2.04. The molecular formula is C11H13BrN4O2. The molecule has 96 valence electrons. The zero-order chi connectivity index (χ0) is 12.5. The minimum absolute atomic E-state index is 0.567. The average Bonchev–Trinajstić information content (AvgIpc) is 2.77. The van der Waals surface area contributed by atoms with Crippen molar-refractivity contribution in [3.63, 3.8) is 0 Å². The van der Waals surface area contributed by atoms with Gasteiger partial charge in [0.1, 0.15) is 0 Å². The van der Waals surface area contributed by atoms with E-state index in [2.05, 4.69) is 30.8 Å². The minimum atomic E-state index is 0.567. The molecule has 3 rings (SSSR count). The van der Waals surface area contributed by atoms with E-state index in [-0.39, 0.29) is 0 Å². The van der Waals surface area contributed by atoms with Gasteiger partial charge in [0.05, 0.1) is 20.3 Å². The Bertz CT molecular complexity index is 565. The molecule has 2 aromatic heterocycles. The fourth-order valence-corrected chi connectivity index (χ4v) is 2.58. The Morgan fingerprint density at radius 1 is 1.39 bits per heavy atom. The number of methoxy groups -OCH3 is 1. The summed E-state index contributed by atoms with van der Waals surface area (Å²) in [5.74, 6) is 1.43. The van der Waals surface area contributed by atoms with Crippen LogP contribution in [0.3, 0.4) is 0 Å². The van der Waals surface area contributed by atoms with E-state index < -0.39 is 0 Å². The molecule has 0 radical (unpaired) electrons. The molecule has 7 heteroatoms. The van der Waals surface area contributed by atoms with Crippen molar-refractivity contribution in [2.24, 2.45) is 0 Å². The van der Waals surface area contributed by atoms with Crippen molar-refractivity contribution in [2.75, 3.05) is 38.3 Å². The molecule has 0 saturated carbocycles. The second-order valence-electron chi connectivity index (χ2n) is 3.96. The van der Waals surface area contributed by atoms with E-state index in [9.17, 15) is 0 Å². The third-order valence-electron chi connectivity index (χ3n) is 2.94. The molecule has 1 aliphatic heterocycles. The third kappa shape index (κ3) is 1.83. The minimum Gasteiger partial charge on any atom is -0.479 e. The van der Waals surface area contributed by atoms with Gasteiger partial charge in [0.2, 0.25) is 5.88 Å². The van der Waals surface area contributed by atoms with Crippen molar-refractivity contribution in [2.45, 2.75) is 0 Å². The molecule has 0 N–H and O–H groups in total. The SMILES string of the molecule is COc1nc2c(N3CCOCC3)nccn2c1Br. The van der Waals surface area contributed by atoms with Crippen LogP contribution in [-0.2, 0) is 4.74 Å². The number of imidazole rings is 1. The molecule has 6 nitrogen and oxygen atoms in total. The van der Waals surface area contributed by atoms with E-state index in [1.54, 1.807) is 13.3 Å². The first kappa shape index (κ1) is 11.7. The van der Waals surface area contributed by atoms with Crippen LogP contribution < -0.4 is 9.64 Å². The highest BCUT2D eigenvalue weighted by Crippen LogP contribution is 2.29. The lowest BCUT2D eigenvalue weighted by atomic mass is 10.4. The standard InChI is InChI=1S/C11H13BrN4O2/c1-17-11-8(12)16-3-2-13-9(10(16)14-11)15-4-6-18-7-5-15/h2-3H,4-7H2,1H3. The number of morpholine rings is 1. The van der Waals surface area contributed by atoms with E-state index in [1.807, 2.05) is 10.6 Å². The van der Waals surface area contributed by atoms with Crippen molar-refractivity contribution in [3.05, 3.63) is 17.0 Å². The lowest BCUT2D eigenvalue weighted by molar-refractivity contribution is 0.122. The van der Waals surface area contributed by atoms with Gasteiger partial charge in [-0.15, -0.1) is 0 Å². The molecule has 1 saturated heterocycles. The number of rotatable bonds is 2. The summed E-state index contributed by atoms with van der Waals surface area (Å²) in [4.78, 5) is 11.1. The smallest absolute Gasteiger partial charge is 0.247 e. The number of nitrogens with zero attached hydrogens (tertiary/aromatic N) is 4. The van der Waals surface area contributed by atoms with Gasteiger partial charge in [-0.25, -0.2) is 4.98 Å². The number of hydrogen-bond acceptors (Lipinski definition) is 5. The third-order valence-corrected chi connectivity index (χ3v) is 3.66. The topological polar surface area (TPSA) is 51.9 Å². The molecule has 0 amide bonds. The van der Waals surface area contributed by atoms with Crippen molar-refractivity contribution in [3.8, 4) is 5.88 Å². The Hall–Kier alpha value is -1.34. The van der Waals surface area contributed by atoms with Gasteiger partial charge in [0, 0.05) is 25.5 Å². The summed E-state index contributed by atoms with van der Waals surface area (Å²) in [6.07, 6.45) is 3.63. The van der Waals surface area contributed by atoms with Gasteiger partial charge in [-0.05, 0) is 15.9 Å². The molecule has 0 unspecified atom stereocenters. The highest BCUT2D eigenvalue weighted by atomic mass is 79.9. The second kappa shape index (κ2) is 4.74. The summed E-state index contributed by atoms with van der Waals surface area (Å²) in [5.41, 5.74) is 0.795.